The molecule has 0 aliphatic heterocycles. The Morgan fingerprint density at radius 2 is 1.76 bits per heavy atom. The van der Waals surface area contributed by atoms with Gasteiger partial charge in [-0.3, -0.25) is 5.10 Å². The van der Waals surface area contributed by atoms with Crippen LogP contribution in [0.5, 0.6) is 5.75 Å². The molecule has 0 amide bonds. The SMILES string of the molecule is COc1c(F)cc(-c2ccc3nc(-c4n[nH]c5ccccc45)[nH]c3c2)c(F)c1F. The van der Waals surface area contributed by atoms with Crippen LogP contribution in [0.4, 0.5) is 13.2 Å². The Bertz CT molecular complexity index is 1390. The van der Waals surface area contributed by atoms with Gasteiger partial charge in [-0.25, -0.2) is 13.8 Å². The van der Waals surface area contributed by atoms with Crippen molar-refractivity contribution in [1.82, 2.24) is 20.2 Å². The number of benzene rings is 3. The van der Waals surface area contributed by atoms with E-state index in [2.05, 4.69) is 24.9 Å². The summed E-state index contributed by atoms with van der Waals surface area (Å²) in [5.41, 5.74) is 2.81. The van der Waals surface area contributed by atoms with Crippen LogP contribution in [0.25, 0.3) is 44.6 Å². The molecule has 3 aromatic carbocycles. The van der Waals surface area contributed by atoms with Crippen LogP contribution in [0.1, 0.15) is 0 Å². The summed E-state index contributed by atoms with van der Waals surface area (Å²) >= 11 is 0. The van der Waals surface area contributed by atoms with Crippen molar-refractivity contribution < 1.29 is 17.9 Å². The lowest BCUT2D eigenvalue weighted by atomic mass is 10.0. The van der Waals surface area contributed by atoms with Gasteiger partial charge in [0.25, 0.3) is 0 Å². The second-order valence-corrected chi connectivity index (χ2v) is 6.50. The Kier molecular flexibility index (Phi) is 3.80. The molecule has 0 atom stereocenters. The number of nitrogens with zero attached hydrogens (tertiary/aromatic N) is 2. The average Bonchev–Trinajstić information content (AvgIpc) is 3.34. The highest BCUT2D eigenvalue weighted by Gasteiger charge is 2.21. The quantitative estimate of drug-likeness (QED) is 0.414. The van der Waals surface area contributed by atoms with Gasteiger partial charge in [0.05, 0.1) is 23.7 Å². The lowest BCUT2D eigenvalue weighted by molar-refractivity contribution is 0.347. The van der Waals surface area contributed by atoms with Crippen molar-refractivity contribution in [2.24, 2.45) is 0 Å². The molecule has 2 aromatic heterocycles. The maximum atomic E-state index is 14.5. The van der Waals surface area contributed by atoms with Crippen molar-refractivity contribution in [2.75, 3.05) is 7.11 Å². The number of aromatic amines is 2. The highest BCUT2D eigenvalue weighted by molar-refractivity contribution is 5.93. The monoisotopic (exact) mass is 394 g/mol. The van der Waals surface area contributed by atoms with E-state index in [9.17, 15) is 13.2 Å². The third kappa shape index (κ3) is 2.64. The summed E-state index contributed by atoms with van der Waals surface area (Å²) in [5, 5.41) is 8.15. The van der Waals surface area contributed by atoms with Crippen molar-refractivity contribution in [3.8, 4) is 28.4 Å². The predicted octanol–water partition coefficient (Wildman–Crippen LogP) is 5.20. The molecule has 0 saturated carbocycles. The molecule has 2 heterocycles. The second-order valence-electron chi connectivity index (χ2n) is 6.50. The standard InChI is InChI=1S/C21H13F3N4O/c1-29-20-13(22)9-12(17(23)18(20)24)10-6-7-15-16(8-10)26-21(25-15)19-11-4-2-3-5-14(11)27-28-19/h2-9H,1H3,(H,25,26)(H,27,28). The summed E-state index contributed by atoms with van der Waals surface area (Å²) in [6, 6.07) is 13.3. The molecule has 5 nitrogen and oxygen atoms in total. The van der Waals surface area contributed by atoms with Gasteiger partial charge in [-0.1, -0.05) is 24.3 Å². The van der Waals surface area contributed by atoms with E-state index < -0.39 is 23.2 Å². The van der Waals surface area contributed by atoms with Crippen molar-refractivity contribution in [2.45, 2.75) is 0 Å². The highest BCUT2D eigenvalue weighted by Crippen LogP contribution is 2.34. The van der Waals surface area contributed by atoms with E-state index in [-0.39, 0.29) is 5.56 Å². The molecule has 144 valence electrons. The van der Waals surface area contributed by atoms with Gasteiger partial charge in [0.1, 0.15) is 5.69 Å². The molecule has 0 aliphatic rings. The zero-order valence-electron chi connectivity index (χ0n) is 15.1. The number of H-pyrrole nitrogens is 2. The normalized spacial score (nSPS) is 11.4. The molecule has 2 N–H and O–H groups in total. The van der Waals surface area contributed by atoms with E-state index in [1.165, 1.54) is 0 Å². The number of hydrogen-bond acceptors (Lipinski definition) is 3. The maximum Gasteiger partial charge on any atom is 0.204 e. The van der Waals surface area contributed by atoms with Crippen LogP contribution in [0.15, 0.2) is 48.5 Å². The second kappa shape index (κ2) is 6.37. The van der Waals surface area contributed by atoms with Crippen LogP contribution in [0.2, 0.25) is 0 Å². The Labute approximate surface area is 162 Å². The molecule has 0 saturated heterocycles. The minimum atomic E-state index is -1.36. The smallest absolute Gasteiger partial charge is 0.204 e. The van der Waals surface area contributed by atoms with Crippen molar-refractivity contribution in [3.63, 3.8) is 0 Å². The fourth-order valence-electron chi connectivity index (χ4n) is 3.41. The van der Waals surface area contributed by atoms with E-state index >= 15 is 0 Å². The Hall–Kier alpha value is -3.81. The summed E-state index contributed by atoms with van der Waals surface area (Å²) in [5.74, 6) is -3.74. The lowest BCUT2D eigenvalue weighted by Crippen LogP contribution is -1.99. The van der Waals surface area contributed by atoms with Gasteiger partial charge in [0.2, 0.25) is 5.82 Å². The van der Waals surface area contributed by atoms with Crippen LogP contribution >= 0.6 is 0 Å². The number of fused-ring (bicyclic) bond motifs is 2. The summed E-state index contributed by atoms with van der Waals surface area (Å²) in [6.45, 7) is 0. The number of halogens is 3. The minimum Gasteiger partial charge on any atom is -0.491 e. The molecule has 0 aliphatic carbocycles. The van der Waals surface area contributed by atoms with E-state index in [0.29, 0.717) is 28.1 Å². The minimum absolute atomic E-state index is 0.205. The molecular formula is C21H13F3N4O. The third-order valence-electron chi connectivity index (χ3n) is 4.81. The van der Waals surface area contributed by atoms with Gasteiger partial charge in [0, 0.05) is 10.9 Å². The Morgan fingerprint density at radius 1 is 0.931 bits per heavy atom. The maximum absolute atomic E-state index is 14.5. The van der Waals surface area contributed by atoms with Crippen LogP contribution in [-0.4, -0.2) is 27.3 Å². The molecule has 0 radical (unpaired) electrons. The van der Waals surface area contributed by atoms with E-state index in [0.717, 1.165) is 24.1 Å². The van der Waals surface area contributed by atoms with Crippen LogP contribution < -0.4 is 4.74 Å². The Balaban J connectivity index is 1.64. The van der Waals surface area contributed by atoms with Gasteiger partial charge in [0.15, 0.2) is 23.2 Å². The fourth-order valence-corrected chi connectivity index (χ4v) is 3.41. The number of aromatic nitrogens is 4. The number of para-hydroxylation sites is 1. The number of hydrogen-bond donors (Lipinski definition) is 2. The van der Waals surface area contributed by atoms with E-state index in [1.54, 1.807) is 18.2 Å². The van der Waals surface area contributed by atoms with Crippen molar-refractivity contribution >= 4 is 21.9 Å². The van der Waals surface area contributed by atoms with Crippen molar-refractivity contribution in [3.05, 3.63) is 66.0 Å². The number of rotatable bonds is 3. The largest absolute Gasteiger partial charge is 0.491 e. The fraction of sp³-hybridized carbons (Fsp3) is 0.0476. The van der Waals surface area contributed by atoms with Gasteiger partial charge in [-0.15, -0.1) is 0 Å². The zero-order valence-corrected chi connectivity index (χ0v) is 15.1. The topological polar surface area (TPSA) is 66.6 Å². The lowest BCUT2D eigenvalue weighted by Gasteiger charge is -2.09. The first-order valence-corrected chi connectivity index (χ1v) is 8.72. The molecule has 0 unspecified atom stereocenters. The molecule has 0 fully saturated rings. The van der Waals surface area contributed by atoms with Gasteiger partial charge in [-0.05, 0) is 29.8 Å². The molecule has 5 rings (SSSR count). The molecule has 0 spiro atoms. The number of imidazole rings is 1. The summed E-state index contributed by atoms with van der Waals surface area (Å²) < 4.78 is 47.2. The third-order valence-corrected chi connectivity index (χ3v) is 4.81. The van der Waals surface area contributed by atoms with Gasteiger partial charge >= 0.3 is 0 Å². The van der Waals surface area contributed by atoms with Crippen LogP contribution in [0.3, 0.4) is 0 Å². The number of methoxy groups -OCH3 is 1. The zero-order chi connectivity index (χ0) is 20.1. The molecule has 8 heteroatoms. The average molecular weight is 394 g/mol. The summed E-state index contributed by atoms with van der Waals surface area (Å²) in [4.78, 5) is 7.67. The molecular weight excluding hydrogens is 381 g/mol. The summed E-state index contributed by atoms with van der Waals surface area (Å²) in [6.07, 6.45) is 0. The van der Waals surface area contributed by atoms with Gasteiger partial charge in [-0.2, -0.15) is 9.49 Å². The molecule has 29 heavy (non-hydrogen) atoms. The molecule has 5 aromatic rings. The number of nitrogens with one attached hydrogen (secondary N) is 2. The van der Waals surface area contributed by atoms with Crippen molar-refractivity contribution in [1.29, 1.82) is 0 Å². The highest BCUT2D eigenvalue weighted by atomic mass is 19.2. The van der Waals surface area contributed by atoms with Gasteiger partial charge < -0.3 is 9.72 Å². The first-order chi connectivity index (χ1) is 14.1. The predicted molar refractivity (Wildman–Crippen MR) is 103 cm³/mol. The first kappa shape index (κ1) is 17.3. The molecule has 0 bridgehead atoms. The summed E-state index contributed by atoms with van der Waals surface area (Å²) in [7, 11) is 1.08. The first-order valence-electron chi connectivity index (χ1n) is 8.72. The van der Waals surface area contributed by atoms with E-state index in [1.807, 2.05) is 24.3 Å². The Morgan fingerprint density at radius 3 is 2.59 bits per heavy atom. The van der Waals surface area contributed by atoms with Crippen LogP contribution in [0, 0.1) is 17.5 Å². The van der Waals surface area contributed by atoms with E-state index in [4.69, 9.17) is 0 Å². The number of ether oxygens (including phenoxy) is 1. The van der Waals surface area contributed by atoms with Crippen LogP contribution in [-0.2, 0) is 0 Å².